The highest BCUT2D eigenvalue weighted by Gasteiger charge is 2.25. The number of imidazole rings is 1. The lowest BCUT2D eigenvalue weighted by Gasteiger charge is -2.20. The summed E-state index contributed by atoms with van der Waals surface area (Å²) in [6, 6.07) is -2.37. The fraction of sp³-hybridized carbons (Fsp3) is 0.421. The van der Waals surface area contributed by atoms with Gasteiger partial charge in [-0.1, -0.05) is 11.8 Å². The number of rotatable bonds is 14. The second kappa shape index (κ2) is 13.5. The molecule has 8 N–H and O–H groups in total. The number of nitrogens with zero attached hydrogens (tertiary/aromatic N) is 3. The molecular formula is C19H25N7O7S2. The van der Waals surface area contributed by atoms with Crippen molar-refractivity contribution < 1.29 is 34.5 Å². The second-order valence-corrected chi connectivity index (χ2v) is 9.73. The number of carboxylic acids is 2. The SMILES string of the molecule is C/C(O)=C/C(SCC(NC(=O)CCC(N)C(=O)O)C(=O)NCC(=O)O)Sc1ncnc2nc[nH]c12. The monoisotopic (exact) mass is 527 g/mol. The molecule has 2 rings (SSSR count). The van der Waals surface area contributed by atoms with Crippen LogP contribution in [0.25, 0.3) is 11.2 Å². The molecule has 2 aromatic heterocycles. The maximum absolute atomic E-state index is 12.5. The lowest BCUT2D eigenvalue weighted by molar-refractivity contribution is -0.139. The molecule has 190 valence electrons. The number of nitrogens with one attached hydrogen (secondary N) is 3. The highest BCUT2D eigenvalue weighted by atomic mass is 32.2. The molecule has 2 heterocycles. The van der Waals surface area contributed by atoms with Crippen LogP contribution in [0.2, 0.25) is 0 Å². The number of fused-ring (bicyclic) bond motifs is 1. The molecule has 0 radical (unpaired) electrons. The van der Waals surface area contributed by atoms with Crippen LogP contribution >= 0.6 is 23.5 Å². The minimum Gasteiger partial charge on any atom is -0.513 e. The van der Waals surface area contributed by atoms with Crippen LogP contribution < -0.4 is 16.4 Å². The molecule has 0 aliphatic carbocycles. The first kappa shape index (κ1) is 27.9. The van der Waals surface area contributed by atoms with Gasteiger partial charge in [0.2, 0.25) is 11.8 Å². The van der Waals surface area contributed by atoms with Crippen molar-refractivity contribution in [2.24, 2.45) is 5.73 Å². The number of hydrogen-bond acceptors (Lipinski definition) is 11. The standard InChI is InChI=1S/C19H25N7O7S2/c1-9(27)4-14(35-18-15-16(23-7-22-15)24-8-25-18)34-6-11(17(31)21-5-13(29)30)26-12(28)3-2-10(20)19(32)33/h4,7-8,10-11,14,27H,2-3,5-6,20H2,1H3,(H,21,31)(H,26,28)(H,29,30)(H,32,33)(H,22,23,24,25)/b9-4-. The van der Waals surface area contributed by atoms with Crippen LogP contribution in [0.1, 0.15) is 19.8 Å². The zero-order valence-corrected chi connectivity index (χ0v) is 20.1. The molecule has 14 nitrogen and oxygen atoms in total. The number of hydrogen-bond donors (Lipinski definition) is 7. The van der Waals surface area contributed by atoms with E-state index in [-0.39, 0.29) is 24.4 Å². The Morgan fingerprint density at radius 2 is 1.94 bits per heavy atom. The van der Waals surface area contributed by atoms with Crippen molar-refractivity contribution in [1.82, 2.24) is 30.6 Å². The predicted molar refractivity (Wildman–Crippen MR) is 128 cm³/mol. The van der Waals surface area contributed by atoms with Crippen LogP contribution in [0.3, 0.4) is 0 Å². The van der Waals surface area contributed by atoms with E-state index in [1.807, 2.05) is 0 Å². The Morgan fingerprint density at radius 1 is 1.20 bits per heavy atom. The number of aromatic amines is 1. The van der Waals surface area contributed by atoms with Gasteiger partial charge in [0.25, 0.3) is 0 Å². The number of allylic oxidation sites excluding steroid dienone is 1. The summed E-state index contributed by atoms with van der Waals surface area (Å²) in [6.07, 6.45) is 3.95. The number of aliphatic hydroxyl groups is 1. The van der Waals surface area contributed by atoms with Crippen molar-refractivity contribution in [2.75, 3.05) is 12.3 Å². The number of H-pyrrole nitrogens is 1. The largest absolute Gasteiger partial charge is 0.513 e. The van der Waals surface area contributed by atoms with Gasteiger partial charge in [0, 0.05) is 12.2 Å². The first-order chi connectivity index (χ1) is 16.6. The zero-order chi connectivity index (χ0) is 26.0. The maximum atomic E-state index is 12.5. The van der Waals surface area contributed by atoms with Crippen LogP contribution in [0, 0.1) is 0 Å². The summed E-state index contributed by atoms with van der Waals surface area (Å²) in [4.78, 5) is 61.8. The van der Waals surface area contributed by atoms with Crippen molar-refractivity contribution in [3.05, 3.63) is 24.5 Å². The number of amides is 2. The minimum absolute atomic E-state index is 0.000819. The number of carbonyl (C=O) groups is 4. The summed E-state index contributed by atoms with van der Waals surface area (Å²) in [5.74, 6) is -3.85. The number of aromatic nitrogens is 4. The lowest BCUT2D eigenvalue weighted by Crippen LogP contribution is -2.49. The third-order valence-electron chi connectivity index (χ3n) is 4.29. The molecule has 16 heteroatoms. The first-order valence-electron chi connectivity index (χ1n) is 10.1. The molecule has 0 bridgehead atoms. The van der Waals surface area contributed by atoms with E-state index in [2.05, 4.69) is 30.6 Å². The van der Waals surface area contributed by atoms with E-state index in [1.54, 1.807) is 0 Å². The predicted octanol–water partition coefficient (Wildman–Crippen LogP) is -0.156. The van der Waals surface area contributed by atoms with Crippen molar-refractivity contribution >= 4 is 58.4 Å². The van der Waals surface area contributed by atoms with Crippen molar-refractivity contribution in [1.29, 1.82) is 0 Å². The third kappa shape index (κ3) is 9.42. The minimum atomic E-state index is -1.26. The van der Waals surface area contributed by atoms with E-state index in [9.17, 15) is 24.3 Å². The van der Waals surface area contributed by atoms with Gasteiger partial charge in [-0.05, 0) is 19.4 Å². The fourth-order valence-corrected chi connectivity index (χ4v) is 5.14. The average Bonchev–Trinajstić information content (AvgIpc) is 3.27. The molecule has 3 unspecified atom stereocenters. The molecule has 2 amide bonds. The average molecular weight is 528 g/mol. The number of aliphatic hydroxyl groups excluding tert-OH is 1. The van der Waals surface area contributed by atoms with E-state index >= 15 is 0 Å². The Bertz CT molecular complexity index is 1090. The highest BCUT2D eigenvalue weighted by molar-refractivity contribution is 8.17. The molecule has 0 saturated carbocycles. The van der Waals surface area contributed by atoms with E-state index in [0.717, 1.165) is 0 Å². The number of carboxylic acid groups (broad SMARTS) is 2. The summed E-state index contributed by atoms with van der Waals surface area (Å²) in [6.45, 7) is 0.830. The highest BCUT2D eigenvalue weighted by Crippen LogP contribution is 2.34. The van der Waals surface area contributed by atoms with Gasteiger partial charge in [0.05, 0.1) is 16.7 Å². The molecule has 0 saturated heterocycles. The number of thioether (sulfide) groups is 2. The Morgan fingerprint density at radius 3 is 2.60 bits per heavy atom. The number of aliphatic carboxylic acids is 2. The number of nitrogens with two attached hydrogens (primary N) is 1. The van der Waals surface area contributed by atoms with Crippen molar-refractivity contribution in [3.8, 4) is 0 Å². The molecule has 0 fully saturated rings. The van der Waals surface area contributed by atoms with Gasteiger partial charge in [-0.25, -0.2) is 15.0 Å². The molecule has 0 aliphatic heterocycles. The van der Waals surface area contributed by atoms with Gasteiger partial charge in [-0.3, -0.25) is 19.2 Å². The smallest absolute Gasteiger partial charge is 0.322 e. The Kier molecular flexibility index (Phi) is 10.8. The van der Waals surface area contributed by atoms with Crippen molar-refractivity contribution in [3.63, 3.8) is 0 Å². The van der Waals surface area contributed by atoms with Gasteiger partial charge in [0.15, 0.2) is 5.65 Å². The summed E-state index contributed by atoms with van der Waals surface area (Å²) >= 11 is 2.43. The summed E-state index contributed by atoms with van der Waals surface area (Å²) in [5, 5.41) is 32.7. The van der Waals surface area contributed by atoms with Gasteiger partial charge >= 0.3 is 11.9 Å². The molecule has 3 atom stereocenters. The van der Waals surface area contributed by atoms with Gasteiger partial charge in [0.1, 0.15) is 35.5 Å². The van der Waals surface area contributed by atoms with Crippen LogP contribution in [-0.2, 0) is 19.2 Å². The topological polar surface area (TPSA) is 234 Å². The van der Waals surface area contributed by atoms with Crippen LogP contribution in [0.4, 0.5) is 0 Å². The van der Waals surface area contributed by atoms with Crippen LogP contribution in [-0.4, -0.2) is 88.0 Å². The van der Waals surface area contributed by atoms with E-state index < -0.39 is 47.0 Å². The molecule has 35 heavy (non-hydrogen) atoms. The molecule has 0 aromatic carbocycles. The summed E-state index contributed by atoms with van der Waals surface area (Å²) in [5.41, 5.74) is 6.45. The summed E-state index contributed by atoms with van der Waals surface area (Å²) in [7, 11) is 0. The van der Waals surface area contributed by atoms with Crippen LogP contribution in [0.15, 0.2) is 29.5 Å². The van der Waals surface area contributed by atoms with Gasteiger partial charge in [-0.15, -0.1) is 11.8 Å². The molecule has 2 aromatic rings. The first-order valence-corrected chi connectivity index (χ1v) is 12.1. The Labute approximate surface area is 207 Å². The quantitative estimate of drug-likeness (QED) is 0.0733. The second-order valence-electron chi connectivity index (χ2n) is 7.12. The molecular weight excluding hydrogens is 502 g/mol. The molecule has 0 aliphatic rings. The zero-order valence-electron chi connectivity index (χ0n) is 18.5. The van der Waals surface area contributed by atoms with Gasteiger partial charge < -0.3 is 36.7 Å². The fourth-order valence-electron chi connectivity index (χ4n) is 2.59. The Hall–Kier alpha value is -3.37. The van der Waals surface area contributed by atoms with E-state index in [4.69, 9.17) is 15.9 Å². The van der Waals surface area contributed by atoms with E-state index in [0.29, 0.717) is 16.2 Å². The van der Waals surface area contributed by atoms with Crippen molar-refractivity contribution in [2.45, 2.75) is 41.5 Å². The molecule has 0 spiro atoms. The van der Waals surface area contributed by atoms with Crippen LogP contribution in [0.5, 0.6) is 0 Å². The normalized spacial score (nSPS) is 14.2. The lowest BCUT2D eigenvalue weighted by atomic mass is 10.1. The van der Waals surface area contributed by atoms with Gasteiger partial charge in [-0.2, -0.15) is 0 Å². The Balaban J connectivity index is 2.11. The summed E-state index contributed by atoms with van der Waals surface area (Å²) < 4.78 is -0.464. The van der Waals surface area contributed by atoms with E-state index in [1.165, 1.54) is 49.2 Å². The number of carbonyl (C=O) groups excluding carboxylic acids is 2. The third-order valence-corrected chi connectivity index (χ3v) is 6.87. The maximum Gasteiger partial charge on any atom is 0.322 e.